The molecule has 6 unspecified atom stereocenters. The number of phenolic OH excluding ortho intramolecular Hbond substituents is 2. The van der Waals surface area contributed by atoms with Crippen LogP contribution in [0.5, 0.6) is 17.2 Å². The van der Waals surface area contributed by atoms with E-state index in [9.17, 15) is 30.0 Å². The average Bonchev–Trinajstić information content (AvgIpc) is 2.98. The first-order valence-corrected chi connectivity index (χ1v) is 14.0. The average molecular weight is 584 g/mol. The number of carbonyl (C=O) groups is 2. The van der Waals surface area contributed by atoms with E-state index in [0.29, 0.717) is 12.0 Å². The number of aliphatic hydroxyl groups is 2. The highest BCUT2D eigenvalue weighted by Gasteiger charge is 2.49. The normalized spacial score (nSPS) is 28.6. The van der Waals surface area contributed by atoms with Crippen LogP contribution >= 0.6 is 0 Å². The van der Waals surface area contributed by atoms with Crippen LogP contribution in [-0.4, -0.2) is 82.5 Å². The number of ether oxygens (including phenoxy) is 4. The van der Waals surface area contributed by atoms with E-state index in [1.54, 1.807) is 13.0 Å². The molecule has 1 aliphatic heterocycles. The number of ketones is 2. The first-order chi connectivity index (χ1) is 20.0. The molecule has 0 aromatic heterocycles. The van der Waals surface area contributed by atoms with E-state index >= 15 is 0 Å². The van der Waals surface area contributed by atoms with Crippen molar-refractivity contribution in [1.29, 1.82) is 0 Å². The smallest absolute Gasteiger partial charge is 0.202 e. The van der Waals surface area contributed by atoms with Crippen LogP contribution in [0.25, 0.3) is 0 Å². The minimum absolute atomic E-state index is 0.0147. The monoisotopic (exact) mass is 583 g/mol. The Hall–Kier alpha value is -3.32. The van der Waals surface area contributed by atoms with Crippen LogP contribution in [0.1, 0.15) is 82.2 Å². The van der Waals surface area contributed by atoms with Crippen molar-refractivity contribution in [2.45, 2.75) is 75.8 Å². The molecule has 0 saturated carbocycles. The summed E-state index contributed by atoms with van der Waals surface area (Å²) in [7, 11) is 1.37. The van der Waals surface area contributed by atoms with Crippen molar-refractivity contribution in [1.82, 2.24) is 0 Å². The lowest BCUT2D eigenvalue weighted by Crippen LogP contribution is -2.52. The number of fused-ring (bicyclic) bond motifs is 3. The minimum atomic E-state index is -1.24. The number of carbonyl (C=O) groups excluding carboxylic acids is 2. The zero-order valence-electron chi connectivity index (χ0n) is 23.9. The maximum Gasteiger partial charge on any atom is 0.202 e. The Morgan fingerprint density at radius 2 is 1.88 bits per heavy atom. The highest BCUT2D eigenvalue weighted by atomic mass is 16.7. The van der Waals surface area contributed by atoms with Gasteiger partial charge in [-0.1, -0.05) is 25.6 Å². The molecular formula is C31H37NO10. The molecular weight excluding hydrogens is 546 g/mol. The van der Waals surface area contributed by atoms with Crippen molar-refractivity contribution in [3.63, 3.8) is 0 Å². The summed E-state index contributed by atoms with van der Waals surface area (Å²) in [6, 6.07) is 3.91. The molecule has 2 aromatic carbocycles. The third kappa shape index (κ3) is 4.70. The lowest BCUT2D eigenvalue weighted by molar-refractivity contribution is -0.248. The van der Waals surface area contributed by atoms with Crippen LogP contribution in [0.2, 0.25) is 0 Å². The fraction of sp³-hybridized carbons (Fsp3) is 0.484. The Bertz CT molecular complexity index is 1430. The standard InChI is InChI=1S/C31H37NO10/c1-5-9-40-31(14(2)13-33)11-17-23(20(12-31)42-21-10-18(32)26(34)15(3)41-21)30(38)25-24(28(17)36)27(35)16-7-6-8-19(39-4)22(16)29(25)37/h6-8,15,18,20-21,26,33-34,36,38H,2,5,9-13,32H2,1,3-4H3. The molecule has 11 nitrogen and oxygen atoms in total. The highest BCUT2D eigenvalue weighted by molar-refractivity contribution is 6.31. The molecule has 42 heavy (non-hydrogen) atoms. The summed E-state index contributed by atoms with van der Waals surface area (Å²) in [6.45, 7) is 7.47. The molecule has 6 N–H and O–H groups in total. The highest BCUT2D eigenvalue weighted by Crippen LogP contribution is 2.54. The lowest BCUT2D eigenvalue weighted by atomic mass is 9.71. The van der Waals surface area contributed by atoms with Crippen molar-refractivity contribution >= 4 is 11.6 Å². The summed E-state index contributed by atoms with van der Waals surface area (Å²) in [6.07, 6.45) is -2.78. The number of nitrogens with two attached hydrogens (primary N) is 1. The van der Waals surface area contributed by atoms with Gasteiger partial charge in [0.2, 0.25) is 5.78 Å². The van der Waals surface area contributed by atoms with Crippen LogP contribution in [0, 0.1) is 0 Å². The SMILES string of the molecule is C=C(CO)C1(OCCC)Cc2c(O)c3c(c(O)c2C(OC2CC(N)C(O)C(C)O2)C1)C(=O)c1c(OC)cccc1C3=O. The number of aliphatic hydroxyl groups excluding tert-OH is 2. The molecule has 0 spiro atoms. The molecule has 11 heteroatoms. The van der Waals surface area contributed by atoms with E-state index in [0.717, 1.165) is 0 Å². The minimum Gasteiger partial charge on any atom is -0.507 e. The van der Waals surface area contributed by atoms with Gasteiger partial charge in [0, 0.05) is 48.6 Å². The summed E-state index contributed by atoms with van der Waals surface area (Å²) in [5, 5.41) is 43.9. The lowest BCUT2D eigenvalue weighted by Gasteiger charge is -2.45. The van der Waals surface area contributed by atoms with E-state index < -0.39 is 65.9 Å². The number of aromatic hydroxyl groups is 2. The first kappa shape index (κ1) is 30.1. The van der Waals surface area contributed by atoms with Crippen molar-refractivity contribution in [2.75, 3.05) is 20.3 Å². The van der Waals surface area contributed by atoms with Gasteiger partial charge in [0.1, 0.15) is 17.2 Å². The Morgan fingerprint density at radius 3 is 2.52 bits per heavy atom. The molecule has 226 valence electrons. The van der Waals surface area contributed by atoms with Gasteiger partial charge in [0.05, 0.1) is 54.3 Å². The van der Waals surface area contributed by atoms with Gasteiger partial charge in [-0.25, -0.2) is 0 Å². The molecule has 0 radical (unpaired) electrons. The third-order valence-corrected chi connectivity index (χ3v) is 8.55. The third-order valence-electron chi connectivity index (χ3n) is 8.55. The van der Waals surface area contributed by atoms with E-state index in [4.69, 9.17) is 24.7 Å². The zero-order chi connectivity index (χ0) is 30.5. The fourth-order valence-corrected chi connectivity index (χ4v) is 6.30. The summed E-state index contributed by atoms with van der Waals surface area (Å²) >= 11 is 0. The van der Waals surface area contributed by atoms with Crippen LogP contribution in [0.15, 0.2) is 30.4 Å². The number of methoxy groups -OCH3 is 1. The molecule has 3 aliphatic rings. The van der Waals surface area contributed by atoms with E-state index in [-0.39, 0.29) is 65.0 Å². The second-order valence-corrected chi connectivity index (χ2v) is 11.2. The number of hydrogen-bond acceptors (Lipinski definition) is 11. The summed E-state index contributed by atoms with van der Waals surface area (Å²) in [4.78, 5) is 27.6. The molecule has 6 atom stereocenters. The molecule has 2 aliphatic carbocycles. The van der Waals surface area contributed by atoms with Crippen LogP contribution in [0.4, 0.5) is 0 Å². The van der Waals surface area contributed by atoms with Crippen LogP contribution in [0.3, 0.4) is 0 Å². The Balaban J connectivity index is 1.71. The van der Waals surface area contributed by atoms with Crippen LogP contribution < -0.4 is 10.5 Å². The summed E-state index contributed by atoms with van der Waals surface area (Å²) in [5.41, 5.74) is 4.78. The van der Waals surface area contributed by atoms with Crippen LogP contribution in [-0.2, 0) is 20.6 Å². The topological polar surface area (TPSA) is 178 Å². The van der Waals surface area contributed by atoms with Gasteiger partial charge in [-0.2, -0.15) is 0 Å². The quantitative estimate of drug-likeness (QED) is 0.194. The number of rotatable bonds is 8. The van der Waals surface area contributed by atoms with Gasteiger partial charge in [0.15, 0.2) is 12.1 Å². The number of benzene rings is 2. The predicted octanol–water partition coefficient (Wildman–Crippen LogP) is 2.42. The Labute approximate surface area is 243 Å². The maximum atomic E-state index is 13.8. The van der Waals surface area contributed by atoms with E-state index in [2.05, 4.69) is 6.58 Å². The zero-order valence-corrected chi connectivity index (χ0v) is 23.9. The Morgan fingerprint density at radius 1 is 1.17 bits per heavy atom. The fourth-order valence-electron chi connectivity index (χ4n) is 6.30. The van der Waals surface area contributed by atoms with Gasteiger partial charge < -0.3 is 45.1 Å². The van der Waals surface area contributed by atoms with E-state index in [1.165, 1.54) is 19.2 Å². The van der Waals surface area contributed by atoms with Crippen molar-refractivity contribution in [3.8, 4) is 17.2 Å². The van der Waals surface area contributed by atoms with Crippen molar-refractivity contribution < 1.29 is 49.0 Å². The van der Waals surface area contributed by atoms with Gasteiger partial charge in [-0.05, 0) is 25.0 Å². The van der Waals surface area contributed by atoms with Gasteiger partial charge in [-0.15, -0.1) is 0 Å². The second-order valence-electron chi connectivity index (χ2n) is 11.2. The van der Waals surface area contributed by atoms with Gasteiger partial charge in [0.25, 0.3) is 0 Å². The van der Waals surface area contributed by atoms with E-state index in [1.807, 2.05) is 6.92 Å². The molecule has 1 saturated heterocycles. The van der Waals surface area contributed by atoms with Gasteiger partial charge in [-0.3, -0.25) is 9.59 Å². The maximum absolute atomic E-state index is 13.8. The predicted molar refractivity (Wildman–Crippen MR) is 150 cm³/mol. The Kier molecular flexibility index (Phi) is 8.18. The molecule has 2 aromatic rings. The van der Waals surface area contributed by atoms with Crippen molar-refractivity contribution in [3.05, 3.63) is 63.7 Å². The molecule has 1 heterocycles. The number of phenols is 2. The van der Waals surface area contributed by atoms with Crippen molar-refractivity contribution in [2.24, 2.45) is 5.73 Å². The summed E-state index contributed by atoms with van der Waals surface area (Å²) < 4.78 is 23.9. The molecule has 0 amide bonds. The molecule has 0 bridgehead atoms. The molecule has 1 fully saturated rings. The van der Waals surface area contributed by atoms with Gasteiger partial charge >= 0.3 is 0 Å². The number of hydrogen-bond donors (Lipinski definition) is 5. The second kappa shape index (κ2) is 11.4. The largest absolute Gasteiger partial charge is 0.507 e. The first-order valence-electron chi connectivity index (χ1n) is 14.0. The summed E-state index contributed by atoms with van der Waals surface area (Å²) in [5.74, 6) is -2.17. The molecule has 5 rings (SSSR count).